The minimum Gasteiger partial charge on any atom is -0.385 e. The molecule has 1 unspecified atom stereocenters. The molecule has 3 N–H and O–H groups in total. The number of nitrogens with two attached hydrogens (primary N) is 1. The second kappa shape index (κ2) is 10.9. The first kappa shape index (κ1) is 28.6. The third-order valence-electron chi connectivity index (χ3n) is 8.39. The zero-order valence-corrected chi connectivity index (χ0v) is 23.0. The molecule has 2 aromatic heterocycles. The van der Waals surface area contributed by atoms with Gasteiger partial charge in [0.05, 0.1) is 34.1 Å². The zero-order valence-electron chi connectivity index (χ0n) is 23.0. The van der Waals surface area contributed by atoms with Crippen molar-refractivity contribution in [1.29, 1.82) is 0 Å². The zero-order chi connectivity index (χ0) is 30.5. The summed E-state index contributed by atoms with van der Waals surface area (Å²) in [5, 5.41) is 8.01. The Balaban J connectivity index is 1.11. The fourth-order valence-electron chi connectivity index (χ4n) is 5.90. The van der Waals surface area contributed by atoms with Gasteiger partial charge in [0.25, 0.3) is 11.8 Å². The van der Waals surface area contributed by atoms with Crippen LogP contribution in [-0.4, -0.2) is 56.3 Å². The molecule has 224 valence electrons. The number of hydrogen-bond acceptors (Lipinski definition) is 7. The van der Waals surface area contributed by atoms with E-state index >= 15 is 0 Å². The predicted octanol–water partition coefficient (Wildman–Crippen LogP) is 4.33. The highest BCUT2D eigenvalue weighted by Gasteiger charge is 2.42. The highest BCUT2D eigenvalue weighted by molar-refractivity contribution is 6.23. The minimum absolute atomic E-state index is 0.0182. The Morgan fingerprint density at radius 3 is 2.53 bits per heavy atom. The number of amides is 3. The van der Waals surface area contributed by atoms with E-state index in [4.69, 9.17) is 10.8 Å². The average molecular weight is 595 g/mol. The van der Waals surface area contributed by atoms with Crippen molar-refractivity contribution in [3.63, 3.8) is 0 Å². The molecule has 13 heteroatoms. The SMILES string of the molecule is NC(=O)C(CCC=O)N1C(=O)c2ccc(NCC3CC(n4cc(-c5ncccc5C(F)(F)F)c(C5CC5)n4)C3)cc2C1=O. The monoisotopic (exact) mass is 594 g/mol. The maximum absolute atomic E-state index is 13.7. The molecule has 1 aromatic carbocycles. The number of hydrogen-bond donors (Lipinski definition) is 2. The van der Waals surface area contributed by atoms with Gasteiger partial charge in [-0.25, -0.2) is 0 Å². The Kier molecular flexibility index (Phi) is 7.26. The van der Waals surface area contributed by atoms with Crippen molar-refractivity contribution in [2.24, 2.45) is 11.7 Å². The van der Waals surface area contributed by atoms with E-state index in [2.05, 4.69) is 10.3 Å². The number of halogens is 3. The maximum Gasteiger partial charge on any atom is 0.418 e. The lowest BCUT2D eigenvalue weighted by atomic mass is 9.80. The van der Waals surface area contributed by atoms with Gasteiger partial charge in [-0.15, -0.1) is 0 Å². The van der Waals surface area contributed by atoms with Gasteiger partial charge in [0.15, 0.2) is 0 Å². The first-order valence-electron chi connectivity index (χ1n) is 14.2. The van der Waals surface area contributed by atoms with Crippen LogP contribution in [0.15, 0.2) is 42.7 Å². The lowest BCUT2D eigenvalue weighted by Crippen LogP contribution is -2.47. The van der Waals surface area contributed by atoms with Crippen molar-refractivity contribution < 1.29 is 32.3 Å². The van der Waals surface area contributed by atoms with Crippen LogP contribution in [0.5, 0.6) is 0 Å². The molecule has 2 saturated carbocycles. The Bertz CT molecular complexity index is 1610. The number of aromatic nitrogens is 3. The number of anilines is 1. The number of benzene rings is 1. The molecule has 2 fully saturated rings. The molecule has 3 heterocycles. The summed E-state index contributed by atoms with van der Waals surface area (Å²) >= 11 is 0. The normalized spacial score (nSPS) is 20.5. The first-order valence-corrected chi connectivity index (χ1v) is 14.2. The van der Waals surface area contributed by atoms with Gasteiger partial charge in [-0.1, -0.05) is 0 Å². The Morgan fingerprint density at radius 2 is 1.86 bits per heavy atom. The van der Waals surface area contributed by atoms with E-state index in [0.717, 1.165) is 36.6 Å². The molecule has 0 saturated heterocycles. The van der Waals surface area contributed by atoms with Crippen molar-refractivity contribution in [3.8, 4) is 11.3 Å². The first-order chi connectivity index (χ1) is 20.6. The van der Waals surface area contributed by atoms with Crippen LogP contribution in [0.3, 0.4) is 0 Å². The van der Waals surface area contributed by atoms with Gasteiger partial charge in [-0.05, 0) is 68.4 Å². The molecule has 3 aliphatic rings. The standard InChI is InChI=1S/C30H29F3N6O4/c31-30(32,33)23-3-1-9-35-26(23)22-15-38(37-25(22)17-5-6-17)19-11-16(12-19)14-36-18-7-8-20-21(13-18)29(43)39(28(20)42)24(27(34)41)4-2-10-40/h1,3,7-10,13,15-17,19,24,36H,2,4-6,11-12,14H2,(H2,34,41). The topological polar surface area (TPSA) is 140 Å². The summed E-state index contributed by atoms with van der Waals surface area (Å²) in [5.41, 5.74) is 6.61. The second-order valence-electron chi connectivity index (χ2n) is 11.4. The van der Waals surface area contributed by atoms with E-state index in [9.17, 15) is 32.3 Å². The summed E-state index contributed by atoms with van der Waals surface area (Å²) < 4.78 is 42.9. The number of rotatable bonds is 11. The van der Waals surface area contributed by atoms with Crippen molar-refractivity contribution in [1.82, 2.24) is 19.7 Å². The van der Waals surface area contributed by atoms with Gasteiger partial charge >= 0.3 is 6.18 Å². The fourth-order valence-corrected chi connectivity index (χ4v) is 5.90. The number of fused-ring (bicyclic) bond motifs is 1. The maximum atomic E-state index is 13.7. The Labute approximate surface area is 244 Å². The average Bonchev–Trinajstić information content (AvgIpc) is 3.66. The van der Waals surface area contributed by atoms with Crippen molar-refractivity contribution >= 4 is 29.7 Å². The molecule has 0 bridgehead atoms. The predicted molar refractivity (Wildman–Crippen MR) is 148 cm³/mol. The van der Waals surface area contributed by atoms with E-state index in [1.165, 1.54) is 18.3 Å². The largest absolute Gasteiger partial charge is 0.418 e. The van der Waals surface area contributed by atoms with Gasteiger partial charge in [0.1, 0.15) is 12.3 Å². The van der Waals surface area contributed by atoms with Gasteiger partial charge in [-0.2, -0.15) is 18.3 Å². The van der Waals surface area contributed by atoms with E-state index < -0.39 is 35.5 Å². The highest BCUT2D eigenvalue weighted by atomic mass is 19.4. The number of carbonyl (C=O) groups excluding carboxylic acids is 4. The van der Waals surface area contributed by atoms with Crippen LogP contribution in [0.1, 0.15) is 82.5 Å². The molecule has 10 nitrogen and oxygen atoms in total. The third-order valence-corrected chi connectivity index (χ3v) is 8.39. The highest BCUT2D eigenvalue weighted by Crippen LogP contribution is 2.47. The molecule has 3 amide bonds. The van der Waals surface area contributed by atoms with Crippen LogP contribution < -0.4 is 11.1 Å². The van der Waals surface area contributed by atoms with Gasteiger partial charge in [-0.3, -0.25) is 28.9 Å². The number of imide groups is 1. The lowest BCUT2D eigenvalue weighted by Gasteiger charge is -2.35. The third kappa shape index (κ3) is 5.39. The molecule has 0 radical (unpaired) electrons. The second-order valence-corrected chi connectivity index (χ2v) is 11.4. The number of nitrogens with zero attached hydrogens (tertiary/aromatic N) is 4. The van der Waals surface area contributed by atoms with Crippen molar-refractivity contribution in [2.75, 3.05) is 11.9 Å². The molecule has 43 heavy (non-hydrogen) atoms. The van der Waals surface area contributed by atoms with Crippen LogP contribution in [0.25, 0.3) is 11.3 Å². The molecule has 2 aliphatic carbocycles. The smallest absolute Gasteiger partial charge is 0.385 e. The summed E-state index contributed by atoms with van der Waals surface area (Å²) in [5.74, 6) is -1.72. The molecule has 3 aromatic rings. The van der Waals surface area contributed by atoms with Gasteiger partial charge in [0.2, 0.25) is 5.91 Å². The summed E-state index contributed by atoms with van der Waals surface area (Å²) in [6.07, 6.45) is 2.40. The summed E-state index contributed by atoms with van der Waals surface area (Å²) in [7, 11) is 0. The molecule has 1 atom stereocenters. The number of alkyl halides is 3. The molecule has 0 spiro atoms. The number of carbonyl (C=O) groups is 4. The molecule has 1 aliphatic heterocycles. The minimum atomic E-state index is -4.52. The van der Waals surface area contributed by atoms with Gasteiger partial charge < -0.3 is 15.8 Å². The summed E-state index contributed by atoms with van der Waals surface area (Å²) in [6.45, 7) is 0.576. The van der Waals surface area contributed by atoms with Crippen molar-refractivity contribution in [2.45, 2.75) is 62.7 Å². The quantitative estimate of drug-likeness (QED) is 0.249. The number of pyridine rings is 1. The lowest BCUT2D eigenvalue weighted by molar-refractivity contribution is -0.137. The number of aldehydes is 1. The van der Waals surface area contributed by atoms with Crippen LogP contribution in [0.2, 0.25) is 0 Å². The summed E-state index contributed by atoms with van der Waals surface area (Å²) in [6, 6.07) is 5.94. The van der Waals surface area contributed by atoms with Crippen LogP contribution in [-0.2, 0) is 15.8 Å². The van der Waals surface area contributed by atoms with E-state index in [-0.39, 0.29) is 47.5 Å². The van der Waals surface area contributed by atoms with Crippen LogP contribution in [0.4, 0.5) is 18.9 Å². The summed E-state index contributed by atoms with van der Waals surface area (Å²) in [4.78, 5) is 53.5. The fraction of sp³-hybridized carbons (Fsp3) is 0.400. The Morgan fingerprint density at radius 1 is 1.12 bits per heavy atom. The van der Waals surface area contributed by atoms with Crippen LogP contribution >= 0.6 is 0 Å². The van der Waals surface area contributed by atoms with Crippen LogP contribution in [0, 0.1) is 5.92 Å². The van der Waals surface area contributed by atoms with E-state index in [1.54, 1.807) is 23.0 Å². The van der Waals surface area contributed by atoms with E-state index in [0.29, 0.717) is 29.8 Å². The molecule has 6 rings (SSSR count). The number of nitrogens with one attached hydrogen (secondary N) is 1. The molecular weight excluding hydrogens is 565 g/mol. The Hall–Kier alpha value is -4.55. The van der Waals surface area contributed by atoms with E-state index in [1.807, 2.05) is 0 Å². The molecular formula is C30H29F3N6O4. The van der Waals surface area contributed by atoms with Crippen molar-refractivity contribution in [3.05, 3.63) is 65.1 Å². The number of primary amides is 1. The van der Waals surface area contributed by atoms with Gasteiger partial charge in [0, 0.05) is 42.5 Å².